The fourth-order valence-electron chi connectivity index (χ4n) is 3.81. The number of carbonyl (C=O) groups is 1. The van der Waals surface area contributed by atoms with Crippen LogP contribution in [0.2, 0.25) is 0 Å². The number of furan rings is 1. The number of hydrogen-bond donors (Lipinski definition) is 0. The molecule has 3 atom stereocenters. The average molecular weight is 416 g/mol. The highest BCUT2D eigenvalue weighted by Crippen LogP contribution is 2.43. The third kappa shape index (κ3) is 4.06. The monoisotopic (exact) mass is 416 g/mol. The predicted molar refractivity (Wildman–Crippen MR) is 105 cm³/mol. The topological polar surface area (TPSA) is 48.7 Å². The highest BCUT2D eigenvalue weighted by Gasteiger charge is 2.55. The van der Waals surface area contributed by atoms with Crippen molar-refractivity contribution >= 4 is 16.9 Å². The molecule has 3 unspecified atom stereocenters. The first-order valence-electron chi connectivity index (χ1n) is 9.50. The van der Waals surface area contributed by atoms with E-state index in [9.17, 15) is 18.0 Å². The number of fused-ring (bicyclic) bond motifs is 1. The van der Waals surface area contributed by atoms with Gasteiger partial charge in [-0.15, -0.1) is 0 Å². The van der Waals surface area contributed by atoms with E-state index in [1.165, 1.54) is 0 Å². The highest BCUT2D eigenvalue weighted by molar-refractivity contribution is 5.84. The second-order valence-electron chi connectivity index (χ2n) is 7.16. The Bertz CT molecular complexity index is 1060. The zero-order valence-corrected chi connectivity index (χ0v) is 15.9. The van der Waals surface area contributed by atoms with E-state index in [4.69, 9.17) is 13.9 Å². The summed E-state index contributed by atoms with van der Waals surface area (Å²) in [6, 6.07) is 16.3. The summed E-state index contributed by atoms with van der Waals surface area (Å²) >= 11 is 0. The first-order valence-corrected chi connectivity index (χ1v) is 9.50. The second kappa shape index (κ2) is 7.89. The third-order valence-corrected chi connectivity index (χ3v) is 5.19. The van der Waals surface area contributed by atoms with E-state index in [0.29, 0.717) is 11.3 Å². The fraction of sp³-hybridized carbons (Fsp3) is 0.261. The van der Waals surface area contributed by atoms with E-state index in [1.807, 2.05) is 36.4 Å². The predicted octanol–water partition coefficient (Wildman–Crippen LogP) is 5.92. The minimum Gasteiger partial charge on any atom is -0.489 e. The molecule has 2 aromatic carbocycles. The number of carbonyl (C=O) groups excluding carboxylic acids is 1. The smallest absolute Gasteiger partial charge is 0.398 e. The van der Waals surface area contributed by atoms with Gasteiger partial charge in [-0.25, -0.2) is 4.79 Å². The maximum absolute atomic E-state index is 13.6. The molecule has 3 aromatic rings. The molecule has 1 aliphatic rings. The molecule has 4 nitrogen and oxygen atoms in total. The number of rotatable bonds is 5. The van der Waals surface area contributed by atoms with Crippen molar-refractivity contribution in [1.82, 2.24) is 0 Å². The Balaban J connectivity index is 1.56. The van der Waals surface area contributed by atoms with E-state index in [1.54, 1.807) is 18.2 Å². The molecule has 7 heteroatoms. The van der Waals surface area contributed by atoms with Gasteiger partial charge in [0.1, 0.15) is 35.2 Å². The van der Waals surface area contributed by atoms with E-state index in [0.717, 1.165) is 17.0 Å². The van der Waals surface area contributed by atoms with Gasteiger partial charge in [0.25, 0.3) is 0 Å². The minimum atomic E-state index is -4.57. The summed E-state index contributed by atoms with van der Waals surface area (Å²) in [7, 11) is 0. The van der Waals surface area contributed by atoms with Crippen LogP contribution in [0.4, 0.5) is 13.2 Å². The Morgan fingerprint density at radius 1 is 1.07 bits per heavy atom. The molecule has 4 rings (SSSR count). The lowest BCUT2D eigenvalue weighted by atomic mass is 10.0. The number of alkyl halides is 3. The van der Waals surface area contributed by atoms with Crippen molar-refractivity contribution in [2.75, 3.05) is 0 Å². The van der Waals surface area contributed by atoms with Crippen molar-refractivity contribution in [2.24, 2.45) is 5.92 Å². The molecule has 1 saturated carbocycles. The molecule has 1 aliphatic carbocycles. The molecule has 0 amide bonds. The van der Waals surface area contributed by atoms with Crippen LogP contribution in [0.1, 0.15) is 12.8 Å². The number of esters is 1. The van der Waals surface area contributed by atoms with Gasteiger partial charge in [-0.3, -0.25) is 0 Å². The third-order valence-electron chi connectivity index (χ3n) is 5.19. The molecule has 0 spiro atoms. The molecule has 1 aromatic heterocycles. The van der Waals surface area contributed by atoms with Crippen molar-refractivity contribution < 1.29 is 31.9 Å². The first kappa shape index (κ1) is 20.1. The quantitative estimate of drug-likeness (QED) is 0.383. The maximum atomic E-state index is 13.6. The Morgan fingerprint density at radius 3 is 2.50 bits per heavy atom. The minimum absolute atomic E-state index is 0.0651. The van der Waals surface area contributed by atoms with Crippen molar-refractivity contribution in [3.05, 3.63) is 67.3 Å². The molecule has 0 N–H and O–H groups in total. The zero-order valence-electron chi connectivity index (χ0n) is 15.9. The van der Waals surface area contributed by atoms with Crippen molar-refractivity contribution in [3.8, 4) is 17.1 Å². The summed E-state index contributed by atoms with van der Waals surface area (Å²) in [5.41, 5.74) is 1.42. The molecule has 1 fully saturated rings. The van der Waals surface area contributed by atoms with Gasteiger partial charge in [-0.1, -0.05) is 36.9 Å². The Kier molecular flexibility index (Phi) is 5.28. The molecule has 0 radical (unpaired) electrons. The lowest BCUT2D eigenvalue weighted by molar-refractivity contribution is -0.214. The molecular weight excluding hydrogens is 397 g/mol. The molecule has 0 aliphatic heterocycles. The summed E-state index contributed by atoms with van der Waals surface area (Å²) in [5.74, 6) is -1.85. The first-order chi connectivity index (χ1) is 14.3. The van der Waals surface area contributed by atoms with Crippen molar-refractivity contribution in [3.63, 3.8) is 0 Å². The number of halogens is 3. The summed E-state index contributed by atoms with van der Waals surface area (Å²) in [6.07, 6.45) is -5.98. The van der Waals surface area contributed by atoms with E-state index < -0.39 is 30.3 Å². The van der Waals surface area contributed by atoms with Crippen LogP contribution in [-0.2, 0) is 9.53 Å². The van der Waals surface area contributed by atoms with Crippen LogP contribution in [0.15, 0.2) is 71.7 Å². The Hall–Kier alpha value is -3.22. The van der Waals surface area contributed by atoms with Crippen LogP contribution in [0.3, 0.4) is 0 Å². The summed E-state index contributed by atoms with van der Waals surface area (Å²) in [5, 5.41) is 0.817. The van der Waals surface area contributed by atoms with Crippen LogP contribution < -0.4 is 4.74 Å². The molecular formula is C23H19F3O4. The van der Waals surface area contributed by atoms with Crippen LogP contribution in [0.25, 0.3) is 22.3 Å². The van der Waals surface area contributed by atoms with Gasteiger partial charge < -0.3 is 13.9 Å². The summed E-state index contributed by atoms with van der Waals surface area (Å²) in [4.78, 5) is 11.4. The van der Waals surface area contributed by atoms with Crippen molar-refractivity contribution in [2.45, 2.75) is 31.2 Å². The van der Waals surface area contributed by atoms with Gasteiger partial charge in [-0.05, 0) is 31.0 Å². The number of benzene rings is 2. The van der Waals surface area contributed by atoms with Crippen LogP contribution in [0, 0.1) is 5.92 Å². The van der Waals surface area contributed by atoms with E-state index in [-0.39, 0.29) is 18.6 Å². The molecule has 0 bridgehead atoms. The van der Waals surface area contributed by atoms with Gasteiger partial charge in [0.2, 0.25) is 0 Å². The van der Waals surface area contributed by atoms with Crippen LogP contribution in [0.5, 0.6) is 5.75 Å². The number of ether oxygens (including phenoxy) is 2. The van der Waals surface area contributed by atoms with E-state index in [2.05, 4.69) is 6.58 Å². The van der Waals surface area contributed by atoms with E-state index >= 15 is 0 Å². The zero-order chi connectivity index (χ0) is 21.3. The molecule has 156 valence electrons. The van der Waals surface area contributed by atoms with Gasteiger partial charge in [0, 0.05) is 23.1 Å². The highest BCUT2D eigenvalue weighted by atomic mass is 19.4. The van der Waals surface area contributed by atoms with Crippen LogP contribution in [-0.4, -0.2) is 24.4 Å². The normalized spacial score (nSPS) is 21.5. The lowest BCUT2D eigenvalue weighted by Gasteiger charge is -2.27. The fourth-order valence-corrected chi connectivity index (χ4v) is 3.81. The van der Waals surface area contributed by atoms with Gasteiger partial charge in [0.05, 0.1) is 0 Å². The second-order valence-corrected chi connectivity index (χ2v) is 7.16. The molecule has 1 heterocycles. The Labute approximate surface area is 170 Å². The Morgan fingerprint density at radius 2 is 1.80 bits per heavy atom. The standard InChI is InChI=1S/C23H19F3O4/c1-2-21(27)30-18-11-10-17(22(18)23(24,25)26)28-16-9-8-15-12-19(29-20(15)13-16)14-6-4-3-5-7-14/h2-9,12-13,17-18,22H,1,10-11H2. The van der Waals surface area contributed by atoms with Crippen LogP contribution >= 0.6 is 0 Å². The average Bonchev–Trinajstić information content (AvgIpc) is 3.32. The summed E-state index contributed by atoms with van der Waals surface area (Å²) in [6.45, 7) is 3.23. The largest absolute Gasteiger partial charge is 0.489 e. The van der Waals surface area contributed by atoms with Crippen molar-refractivity contribution in [1.29, 1.82) is 0 Å². The lowest BCUT2D eigenvalue weighted by Crippen LogP contribution is -2.41. The molecule has 30 heavy (non-hydrogen) atoms. The number of hydrogen-bond acceptors (Lipinski definition) is 4. The van der Waals surface area contributed by atoms with Gasteiger partial charge >= 0.3 is 12.1 Å². The SMILES string of the molecule is C=CC(=O)OC1CCC(Oc2ccc3cc(-c4ccccc4)oc3c2)C1C(F)(F)F. The molecule has 0 saturated heterocycles. The maximum Gasteiger partial charge on any atom is 0.398 e. The van der Waals surface area contributed by atoms with Gasteiger partial charge in [-0.2, -0.15) is 13.2 Å². The van der Waals surface area contributed by atoms with Gasteiger partial charge in [0.15, 0.2) is 0 Å². The summed E-state index contributed by atoms with van der Waals surface area (Å²) < 4.78 is 57.4.